The number of methoxy groups -OCH3 is 1. The van der Waals surface area contributed by atoms with E-state index >= 15 is 0 Å². The van der Waals surface area contributed by atoms with Crippen LogP contribution >= 0.6 is 23.2 Å². The van der Waals surface area contributed by atoms with Crippen LogP contribution in [0.15, 0.2) is 42.5 Å². The van der Waals surface area contributed by atoms with Crippen molar-refractivity contribution in [2.75, 3.05) is 7.11 Å². The van der Waals surface area contributed by atoms with E-state index in [2.05, 4.69) is 5.32 Å². The van der Waals surface area contributed by atoms with Gasteiger partial charge in [0.1, 0.15) is 11.8 Å². The van der Waals surface area contributed by atoms with Crippen LogP contribution in [0.4, 0.5) is 0 Å². The third-order valence-corrected chi connectivity index (χ3v) is 6.95. The van der Waals surface area contributed by atoms with E-state index in [4.69, 9.17) is 27.9 Å². The van der Waals surface area contributed by atoms with Gasteiger partial charge in [-0.05, 0) is 49.1 Å². The number of nitrogens with zero attached hydrogens (tertiary/aromatic N) is 1. The molecular weight excluding hydrogens is 459 g/mol. The Hall–Kier alpha value is -2.24. The van der Waals surface area contributed by atoms with Crippen LogP contribution in [0.5, 0.6) is 5.75 Å². The zero-order chi connectivity index (χ0) is 23.8. The van der Waals surface area contributed by atoms with Crippen molar-refractivity contribution in [3.8, 4) is 5.75 Å². The molecule has 0 radical (unpaired) electrons. The lowest BCUT2D eigenvalue weighted by molar-refractivity contribution is -0.141. The van der Waals surface area contributed by atoms with Gasteiger partial charge in [0.15, 0.2) is 0 Å². The van der Waals surface area contributed by atoms with Crippen molar-refractivity contribution in [1.82, 2.24) is 10.2 Å². The van der Waals surface area contributed by atoms with Crippen LogP contribution in [0.25, 0.3) is 0 Å². The van der Waals surface area contributed by atoms with E-state index in [1.807, 2.05) is 31.2 Å². The third kappa shape index (κ3) is 6.87. The van der Waals surface area contributed by atoms with Crippen molar-refractivity contribution in [3.63, 3.8) is 0 Å². The Morgan fingerprint density at radius 2 is 1.70 bits per heavy atom. The van der Waals surface area contributed by atoms with Crippen molar-refractivity contribution in [3.05, 3.63) is 63.6 Å². The molecule has 0 aliphatic heterocycles. The number of hydrogen-bond acceptors (Lipinski definition) is 3. The summed E-state index contributed by atoms with van der Waals surface area (Å²) in [6, 6.07) is 12.2. The Kier molecular flexibility index (Phi) is 9.45. The molecule has 2 aromatic carbocycles. The first kappa shape index (κ1) is 25.4. The number of hydrogen-bond donors (Lipinski definition) is 1. The molecule has 0 aromatic heterocycles. The smallest absolute Gasteiger partial charge is 0.243 e. The zero-order valence-electron chi connectivity index (χ0n) is 19.3. The minimum absolute atomic E-state index is 0.115. The molecule has 1 aliphatic rings. The fraction of sp³-hybridized carbons (Fsp3) is 0.462. The minimum Gasteiger partial charge on any atom is -0.497 e. The lowest BCUT2D eigenvalue weighted by Crippen LogP contribution is -2.52. The fourth-order valence-electron chi connectivity index (χ4n) is 4.34. The average molecular weight is 491 g/mol. The Bertz CT molecular complexity index is 923. The third-order valence-electron chi connectivity index (χ3n) is 6.24. The Morgan fingerprint density at radius 3 is 2.27 bits per heavy atom. The highest BCUT2D eigenvalue weighted by molar-refractivity contribution is 6.36. The van der Waals surface area contributed by atoms with Crippen molar-refractivity contribution in [2.24, 2.45) is 0 Å². The summed E-state index contributed by atoms with van der Waals surface area (Å²) in [6.07, 6.45) is 6.08. The predicted octanol–water partition coefficient (Wildman–Crippen LogP) is 5.80. The molecule has 0 spiro atoms. The summed E-state index contributed by atoms with van der Waals surface area (Å²) < 4.78 is 5.21. The summed E-state index contributed by atoms with van der Waals surface area (Å²) >= 11 is 12.8. The van der Waals surface area contributed by atoms with E-state index in [0.29, 0.717) is 22.0 Å². The minimum atomic E-state index is -0.606. The molecule has 1 atom stereocenters. The summed E-state index contributed by atoms with van der Waals surface area (Å²) in [5, 5.41) is 4.14. The lowest BCUT2D eigenvalue weighted by atomic mass is 9.95. The molecule has 2 amide bonds. The van der Waals surface area contributed by atoms with Crippen molar-refractivity contribution in [1.29, 1.82) is 0 Å². The van der Waals surface area contributed by atoms with Crippen LogP contribution in [-0.2, 0) is 22.6 Å². The van der Waals surface area contributed by atoms with Crippen molar-refractivity contribution in [2.45, 2.75) is 70.5 Å². The van der Waals surface area contributed by atoms with Crippen LogP contribution in [0.2, 0.25) is 10.0 Å². The van der Waals surface area contributed by atoms with Gasteiger partial charge < -0.3 is 15.0 Å². The van der Waals surface area contributed by atoms with Crippen LogP contribution in [0.1, 0.15) is 56.6 Å². The number of rotatable bonds is 9. The Morgan fingerprint density at radius 1 is 1.06 bits per heavy atom. The van der Waals surface area contributed by atoms with Crippen molar-refractivity contribution < 1.29 is 14.3 Å². The fourth-order valence-corrected chi connectivity index (χ4v) is 4.85. The zero-order valence-corrected chi connectivity index (χ0v) is 20.8. The largest absolute Gasteiger partial charge is 0.497 e. The highest BCUT2D eigenvalue weighted by Gasteiger charge is 2.31. The van der Waals surface area contributed by atoms with Gasteiger partial charge in [-0.1, -0.05) is 67.6 Å². The standard InChI is InChI=1S/C26H32Cl2N2O3/c1-3-24(26(32)29-19-8-5-4-6-9-19)30(17-21-22(27)10-7-11-23(21)28)25(31)16-18-12-14-20(33-2)15-13-18/h7,10-15,19,24H,3-6,8-9,16-17H2,1-2H3,(H,29,32). The molecule has 2 aromatic rings. The average Bonchev–Trinajstić information content (AvgIpc) is 2.82. The van der Waals surface area contributed by atoms with Gasteiger partial charge in [0.2, 0.25) is 11.8 Å². The number of amides is 2. The summed E-state index contributed by atoms with van der Waals surface area (Å²) in [5.74, 6) is 0.460. The van der Waals surface area contributed by atoms with Gasteiger partial charge in [-0.25, -0.2) is 0 Å². The van der Waals surface area contributed by atoms with Gasteiger partial charge in [-0.15, -0.1) is 0 Å². The maximum atomic E-state index is 13.5. The van der Waals surface area contributed by atoms with Gasteiger partial charge >= 0.3 is 0 Å². The Labute approximate surface area is 206 Å². The van der Waals surface area contributed by atoms with Crippen LogP contribution in [0.3, 0.4) is 0 Å². The highest BCUT2D eigenvalue weighted by Crippen LogP contribution is 2.28. The first-order valence-corrected chi connectivity index (χ1v) is 12.3. The molecule has 0 saturated heterocycles. The van der Waals surface area contributed by atoms with E-state index in [9.17, 15) is 9.59 Å². The number of carbonyl (C=O) groups excluding carboxylic acids is 2. The molecule has 0 bridgehead atoms. The summed E-state index contributed by atoms with van der Waals surface area (Å²) in [4.78, 5) is 28.4. The second-order valence-electron chi connectivity index (χ2n) is 8.51. The predicted molar refractivity (Wildman–Crippen MR) is 133 cm³/mol. The number of carbonyl (C=O) groups is 2. The van der Waals surface area contributed by atoms with Crippen LogP contribution in [-0.4, -0.2) is 35.9 Å². The quantitative estimate of drug-likeness (QED) is 0.482. The maximum absolute atomic E-state index is 13.5. The van der Waals surface area contributed by atoms with E-state index in [-0.39, 0.29) is 30.8 Å². The number of halogens is 2. The second kappa shape index (κ2) is 12.3. The maximum Gasteiger partial charge on any atom is 0.243 e. The van der Waals surface area contributed by atoms with Gasteiger partial charge in [0.05, 0.1) is 13.5 Å². The normalized spacial score (nSPS) is 15.0. The van der Waals surface area contributed by atoms with E-state index < -0.39 is 6.04 Å². The van der Waals surface area contributed by atoms with Gasteiger partial charge in [0, 0.05) is 28.2 Å². The summed E-state index contributed by atoms with van der Waals surface area (Å²) in [6.45, 7) is 2.09. The molecule has 178 valence electrons. The van der Waals surface area contributed by atoms with E-state index in [1.165, 1.54) is 6.42 Å². The molecule has 7 heteroatoms. The van der Waals surface area contributed by atoms with Gasteiger partial charge in [-0.3, -0.25) is 9.59 Å². The lowest BCUT2D eigenvalue weighted by Gasteiger charge is -2.33. The summed E-state index contributed by atoms with van der Waals surface area (Å²) in [7, 11) is 1.60. The highest BCUT2D eigenvalue weighted by atomic mass is 35.5. The molecule has 0 heterocycles. The number of benzene rings is 2. The molecule has 1 fully saturated rings. The molecule has 33 heavy (non-hydrogen) atoms. The number of ether oxygens (including phenoxy) is 1. The van der Waals surface area contributed by atoms with Gasteiger partial charge in [0.25, 0.3) is 0 Å². The molecule has 1 unspecified atom stereocenters. The van der Waals surface area contributed by atoms with Gasteiger partial charge in [-0.2, -0.15) is 0 Å². The van der Waals surface area contributed by atoms with E-state index in [0.717, 1.165) is 37.0 Å². The summed E-state index contributed by atoms with van der Waals surface area (Å²) in [5.41, 5.74) is 1.49. The molecular formula is C26H32Cl2N2O3. The molecule has 5 nitrogen and oxygen atoms in total. The second-order valence-corrected chi connectivity index (χ2v) is 9.33. The Balaban J connectivity index is 1.85. The van der Waals surface area contributed by atoms with E-state index in [1.54, 1.807) is 30.2 Å². The number of nitrogens with one attached hydrogen (secondary N) is 1. The van der Waals surface area contributed by atoms with Crippen LogP contribution in [0, 0.1) is 0 Å². The monoisotopic (exact) mass is 490 g/mol. The molecule has 1 N–H and O–H groups in total. The van der Waals surface area contributed by atoms with Crippen molar-refractivity contribution >= 4 is 35.0 Å². The first-order valence-electron chi connectivity index (χ1n) is 11.6. The molecule has 1 saturated carbocycles. The first-order chi connectivity index (χ1) is 15.9. The SMILES string of the molecule is CCC(C(=O)NC1CCCCC1)N(Cc1c(Cl)cccc1Cl)C(=O)Cc1ccc(OC)cc1. The topological polar surface area (TPSA) is 58.6 Å². The molecule has 3 rings (SSSR count). The van der Waals surface area contributed by atoms with Crippen LogP contribution < -0.4 is 10.1 Å². The molecule has 1 aliphatic carbocycles.